The highest BCUT2D eigenvalue weighted by Crippen LogP contribution is 2.15. The van der Waals surface area contributed by atoms with E-state index >= 15 is 0 Å². The van der Waals surface area contributed by atoms with Gasteiger partial charge in [-0.15, -0.1) is 0 Å². The van der Waals surface area contributed by atoms with Crippen molar-refractivity contribution in [3.05, 3.63) is 29.8 Å². The first-order valence-corrected chi connectivity index (χ1v) is 9.24. The van der Waals surface area contributed by atoms with E-state index in [1.165, 1.54) is 44.1 Å². The topological polar surface area (TPSA) is 26.3 Å². The molecule has 118 valence electrons. The van der Waals surface area contributed by atoms with Gasteiger partial charge in [-0.05, 0) is 24.1 Å². The molecule has 0 unspecified atom stereocenters. The van der Waals surface area contributed by atoms with E-state index in [1.54, 1.807) is 0 Å². The van der Waals surface area contributed by atoms with Crippen LogP contribution in [0, 0.1) is 0 Å². The van der Waals surface area contributed by atoms with Crippen LogP contribution in [0.5, 0.6) is 5.75 Å². The maximum atomic E-state index is 11.7. The molecule has 0 amide bonds. The zero-order valence-electron chi connectivity index (χ0n) is 13.1. The van der Waals surface area contributed by atoms with Crippen LogP contribution in [0.2, 0.25) is 0 Å². The maximum Gasteiger partial charge on any atom is 0.311 e. The van der Waals surface area contributed by atoms with Crippen molar-refractivity contribution in [2.75, 3.05) is 0 Å². The molecule has 0 saturated heterocycles. The Bertz CT molecular complexity index is 387. The van der Waals surface area contributed by atoms with Gasteiger partial charge in [0, 0.05) is 11.8 Å². The van der Waals surface area contributed by atoms with Gasteiger partial charge in [-0.3, -0.25) is 4.79 Å². The number of hydrogen-bond acceptors (Lipinski definition) is 2. The molecule has 0 aliphatic rings. The van der Waals surface area contributed by atoms with Gasteiger partial charge in [0.2, 0.25) is 0 Å². The summed E-state index contributed by atoms with van der Waals surface area (Å²) < 4.78 is 5.32. The van der Waals surface area contributed by atoms with Crippen LogP contribution in [-0.2, 0) is 10.1 Å². The van der Waals surface area contributed by atoms with Gasteiger partial charge in [-0.1, -0.05) is 79.9 Å². The summed E-state index contributed by atoms with van der Waals surface area (Å²) in [5.41, 5.74) is 1.18. The van der Waals surface area contributed by atoms with E-state index in [2.05, 4.69) is 22.9 Å². The lowest BCUT2D eigenvalue weighted by Crippen LogP contribution is -2.07. The van der Waals surface area contributed by atoms with Crippen LogP contribution >= 0.6 is 15.9 Å². The van der Waals surface area contributed by atoms with Gasteiger partial charge in [-0.2, -0.15) is 0 Å². The summed E-state index contributed by atoms with van der Waals surface area (Å²) in [4.78, 5) is 11.7. The minimum absolute atomic E-state index is 0.118. The predicted molar refractivity (Wildman–Crippen MR) is 91.9 cm³/mol. The molecule has 0 aromatic heterocycles. The molecule has 0 radical (unpaired) electrons. The first-order chi connectivity index (χ1) is 10.3. The van der Waals surface area contributed by atoms with Crippen LogP contribution in [0.25, 0.3) is 0 Å². The average Bonchev–Trinajstić information content (AvgIpc) is 2.50. The van der Waals surface area contributed by atoms with Crippen LogP contribution in [0.3, 0.4) is 0 Å². The van der Waals surface area contributed by atoms with Crippen molar-refractivity contribution in [3.63, 3.8) is 0 Å². The smallest absolute Gasteiger partial charge is 0.311 e. The molecule has 0 atom stereocenters. The summed E-state index contributed by atoms with van der Waals surface area (Å²) in [6, 6.07) is 7.63. The molecule has 1 aromatic carbocycles. The molecule has 0 saturated carbocycles. The predicted octanol–water partition coefficient (Wildman–Crippen LogP) is 6.02. The SMILES string of the molecule is CCCCCCCCCCC(=O)Oc1ccc(CBr)cc1. The summed E-state index contributed by atoms with van der Waals surface area (Å²) in [5, 5.41) is 0.819. The van der Waals surface area contributed by atoms with Crippen LogP contribution in [-0.4, -0.2) is 5.97 Å². The van der Waals surface area contributed by atoms with Crippen LogP contribution < -0.4 is 4.74 Å². The number of hydrogen-bond donors (Lipinski definition) is 0. The Morgan fingerprint density at radius 3 is 2.10 bits per heavy atom. The number of rotatable bonds is 11. The number of carbonyl (C=O) groups is 1. The Morgan fingerprint density at radius 2 is 1.52 bits per heavy atom. The van der Waals surface area contributed by atoms with E-state index in [9.17, 15) is 4.79 Å². The second-order valence-corrected chi connectivity index (χ2v) is 6.04. The van der Waals surface area contributed by atoms with Crippen LogP contribution in [0.4, 0.5) is 0 Å². The molecule has 2 nitrogen and oxygen atoms in total. The highest BCUT2D eigenvalue weighted by Gasteiger charge is 2.04. The number of halogens is 1. The quantitative estimate of drug-likeness (QED) is 0.210. The third-order valence-electron chi connectivity index (χ3n) is 3.54. The van der Waals surface area contributed by atoms with Crippen molar-refractivity contribution in [1.29, 1.82) is 0 Å². The first-order valence-electron chi connectivity index (χ1n) is 8.12. The molecule has 1 aromatic rings. The molecule has 0 fully saturated rings. The fourth-order valence-corrected chi connectivity index (χ4v) is 2.61. The maximum absolute atomic E-state index is 11.7. The van der Waals surface area contributed by atoms with Crippen molar-refractivity contribution in [1.82, 2.24) is 0 Å². The molecule has 1 rings (SSSR count). The van der Waals surface area contributed by atoms with Gasteiger partial charge in [0.15, 0.2) is 0 Å². The minimum Gasteiger partial charge on any atom is -0.427 e. The Balaban J connectivity index is 2.05. The summed E-state index contributed by atoms with van der Waals surface area (Å²) >= 11 is 3.39. The third-order valence-corrected chi connectivity index (χ3v) is 4.19. The molecule has 0 aliphatic heterocycles. The lowest BCUT2D eigenvalue weighted by molar-refractivity contribution is -0.134. The fourth-order valence-electron chi connectivity index (χ4n) is 2.23. The molecule has 3 heteroatoms. The van der Waals surface area contributed by atoms with Crippen molar-refractivity contribution in [3.8, 4) is 5.75 Å². The van der Waals surface area contributed by atoms with Gasteiger partial charge in [-0.25, -0.2) is 0 Å². The monoisotopic (exact) mass is 354 g/mol. The minimum atomic E-state index is -0.118. The van der Waals surface area contributed by atoms with Gasteiger partial charge >= 0.3 is 5.97 Å². The van der Waals surface area contributed by atoms with Crippen molar-refractivity contribution < 1.29 is 9.53 Å². The third kappa shape index (κ3) is 8.92. The van der Waals surface area contributed by atoms with E-state index in [0.717, 1.165) is 18.2 Å². The molecule has 21 heavy (non-hydrogen) atoms. The van der Waals surface area contributed by atoms with E-state index in [-0.39, 0.29) is 5.97 Å². The molecular formula is C18H27BrO2. The van der Waals surface area contributed by atoms with Crippen molar-refractivity contribution in [2.24, 2.45) is 0 Å². The normalized spacial score (nSPS) is 10.6. The first kappa shape index (κ1) is 18.2. The van der Waals surface area contributed by atoms with E-state index < -0.39 is 0 Å². The van der Waals surface area contributed by atoms with Gasteiger partial charge < -0.3 is 4.74 Å². The molecular weight excluding hydrogens is 328 g/mol. The summed E-state index contributed by atoms with van der Waals surface area (Å²) in [7, 11) is 0. The lowest BCUT2D eigenvalue weighted by Gasteiger charge is -2.05. The number of ether oxygens (including phenoxy) is 1. The Morgan fingerprint density at radius 1 is 0.952 bits per heavy atom. The van der Waals surface area contributed by atoms with Crippen LogP contribution in [0.15, 0.2) is 24.3 Å². The number of benzene rings is 1. The van der Waals surface area contributed by atoms with Gasteiger partial charge in [0.05, 0.1) is 0 Å². The van der Waals surface area contributed by atoms with E-state index in [1.807, 2.05) is 24.3 Å². The number of unbranched alkanes of at least 4 members (excludes halogenated alkanes) is 7. The standard InChI is InChI=1S/C18H27BrO2/c1-2-3-4-5-6-7-8-9-10-18(20)21-17-13-11-16(15-19)12-14-17/h11-14H,2-10,15H2,1H3. The second kappa shape index (κ2) is 11.8. The number of esters is 1. The van der Waals surface area contributed by atoms with Crippen LogP contribution in [0.1, 0.15) is 70.3 Å². The highest BCUT2D eigenvalue weighted by molar-refractivity contribution is 9.08. The molecule has 0 heterocycles. The summed E-state index contributed by atoms with van der Waals surface area (Å²) in [5.74, 6) is 0.525. The lowest BCUT2D eigenvalue weighted by atomic mass is 10.1. The Kier molecular flexibility index (Phi) is 10.2. The van der Waals surface area contributed by atoms with E-state index in [4.69, 9.17) is 4.74 Å². The molecule has 0 N–H and O–H groups in total. The van der Waals surface area contributed by atoms with Crippen molar-refractivity contribution >= 4 is 21.9 Å². The molecule has 0 aliphatic carbocycles. The zero-order valence-corrected chi connectivity index (χ0v) is 14.7. The number of carbonyl (C=O) groups excluding carboxylic acids is 1. The second-order valence-electron chi connectivity index (χ2n) is 5.48. The van der Waals surface area contributed by atoms with Gasteiger partial charge in [0.1, 0.15) is 5.75 Å². The Hall–Kier alpha value is -0.830. The largest absolute Gasteiger partial charge is 0.427 e. The van der Waals surface area contributed by atoms with Crippen molar-refractivity contribution in [2.45, 2.75) is 70.0 Å². The fraction of sp³-hybridized carbons (Fsp3) is 0.611. The summed E-state index contributed by atoms with van der Waals surface area (Å²) in [6.07, 6.45) is 10.4. The molecule has 0 bridgehead atoms. The number of alkyl halides is 1. The molecule has 0 spiro atoms. The Labute approximate surface area is 137 Å². The van der Waals surface area contributed by atoms with Gasteiger partial charge in [0.25, 0.3) is 0 Å². The highest BCUT2D eigenvalue weighted by atomic mass is 79.9. The van der Waals surface area contributed by atoms with E-state index in [0.29, 0.717) is 12.2 Å². The zero-order chi connectivity index (χ0) is 15.3. The average molecular weight is 355 g/mol. The summed E-state index contributed by atoms with van der Waals surface area (Å²) in [6.45, 7) is 2.24.